The van der Waals surface area contributed by atoms with Crippen LogP contribution in [0.2, 0.25) is 0 Å². The normalized spacial score (nSPS) is 13.4. The SMILES string of the molecule is CCOC(=O)[C@H](CSc1ccccc1)[C@@H](O)c1ccccc1. The van der Waals surface area contributed by atoms with Gasteiger partial charge in [-0.15, -0.1) is 11.8 Å². The summed E-state index contributed by atoms with van der Waals surface area (Å²) in [5.74, 6) is -0.478. The van der Waals surface area contributed by atoms with E-state index in [4.69, 9.17) is 4.74 Å². The first-order valence-corrected chi connectivity index (χ1v) is 8.28. The summed E-state index contributed by atoms with van der Waals surface area (Å²) in [4.78, 5) is 13.3. The van der Waals surface area contributed by atoms with E-state index in [1.807, 2.05) is 60.7 Å². The van der Waals surface area contributed by atoms with Crippen molar-refractivity contribution in [3.05, 3.63) is 66.2 Å². The lowest BCUT2D eigenvalue weighted by Crippen LogP contribution is -2.26. The first-order valence-electron chi connectivity index (χ1n) is 7.30. The summed E-state index contributed by atoms with van der Waals surface area (Å²) < 4.78 is 5.12. The highest BCUT2D eigenvalue weighted by Crippen LogP contribution is 2.29. The number of carbonyl (C=O) groups excluding carboxylic acids is 1. The Morgan fingerprint density at radius 2 is 1.68 bits per heavy atom. The van der Waals surface area contributed by atoms with E-state index in [9.17, 15) is 9.90 Å². The van der Waals surface area contributed by atoms with Crippen LogP contribution in [0.15, 0.2) is 65.6 Å². The molecule has 0 bridgehead atoms. The Bertz CT molecular complexity index is 571. The highest BCUT2D eigenvalue weighted by Gasteiger charge is 2.29. The quantitative estimate of drug-likeness (QED) is 0.625. The van der Waals surface area contributed by atoms with Crippen LogP contribution in [0.25, 0.3) is 0 Å². The summed E-state index contributed by atoms with van der Waals surface area (Å²) in [6.07, 6.45) is -0.864. The Morgan fingerprint density at radius 1 is 1.09 bits per heavy atom. The molecule has 0 saturated carbocycles. The lowest BCUT2D eigenvalue weighted by molar-refractivity contribution is -0.151. The molecule has 1 N–H and O–H groups in total. The van der Waals surface area contributed by atoms with Gasteiger partial charge in [0.05, 0.1) is 18.6 Å². The summed E-state index contributed by atoms with van der Waals surface area (Å²) in [7, 11) is 0. The minimum absolute atomic E-state index is 0.312. The zero-order valence-corrected chi connectivity index (χ0v) is 13.3. The van der Waals surface area contributed by atoms with Crippen LogP contribution < -0.4 is 0 Å². The van der Waals surface area contributed by atoms with Crippen molar-refractivity contribution in [2.75, 3.05) is 12.4 Å². The number of hydrogen-bond acceptors (Lipinski definition) is 4. The van der Waals surface area contributed by atoms with Crippen LogP contribution in [0.5, 0.6) is 0 Å². The van der Waals surface area contributed by atoms with Gasteiger partial charge in [0.25, 0.3) is 0 Å². The van der Waals surface area contributed by atoms with Crippen LogP contribution in [0.4, 0.5) is 0 Å². The molecule has 0 aromatic heterocycles. The molecule has 2 aromatic carbocycles. The molecule has 2 rings (SSSR count). The first-order chi connectivity index (χ1) is 10.7. The molecule has 22 heavy (non-hydrogen) atoms. The van der Waals surface area contributed by atoms with E-state index >= 15 is 0 Å². The predicted octanol–water partition coefficient (Wildman–Crippen LogP) is 3.69. The lowest BCUT2D eigenvalue weighted by atomic mass is 9.97. The Kier molecular flexibility index (Phi) is 6.49. The Hall–Kier alpha value is -1.78. The number of thioether (sulfide) groups is 1. The molecular weight excluding hydrogens is 296 g/mol. The molecule has 0 aliphatic carbocycles. The van der Waals surface area contributed by atoms with Gasteiger partial charge in [0.15, 0.2) is 0 Å². The van der Waals surface area contributed by atoms with Crippen LogP contribution in [-0.2, 0) is 9.53 Å². The van der Waals surface area contributed by atoms with Crippen molar-refractivity contribution in [3.63, 3.8) is 0 Å². The topological polar surface area (TPSA) is 46.5 Å². The van der Waals surface area contributed by atoms with Crippen molar-refractivity contribution in [1.29, 1.82) is 0 Å². The molecule has 0 saturated heterocycles. The average Bonchev–Trinajstić information content (AvgIpc) is 2.57. The molecule has 0 aliphatic rings. The number of aliphatic hydroxyl groups excluding tert-OH is 1. The molecule has 0 spiro atoms. The number of aliphatic hydroxyl groups is 1. The standard InChI is InChI=1S/C18H20O3S/c1-2-21-18(20)16(13-22-15-11-7-4-8-12-15)17(19)14-9-5-3-6-10-14/h3-12,16-17,19H,2,13H2,1H3/t16-,17+/m1/s1. The maximum Gasteiger partial charge on any atom is 0.312 e. The van der Waals surface area contributed by atoms with Gasteiger partial charge in [0.1, 0.15) is 0 Å². The molecule has 4 heteroatoms. The smallest absolute Gasteiger partial charge is 0.312 e. The zero-order valence-electron chi connectivity index (χ0n) is 12.5. The fourth-order valence-corrected chi connectivity index (χ4v) is 3.16. The fraction of sp³-hybridized carbons (Fsp3) is 0.278. The summed E-state index contributed by atoms with van der Waals surface area (Å²) in [6, 6.07) is 19.1. The van der Waals surface area contributed by atoms with Gasteiger partial charge in [-0.05, 0) is 24.6 Å². The van der Waals surface area contributed by atoms with E-state index in [1.54, 1.807) is 18.7 Å². The average molecular weight is 316 g/mol. The monoisotopic (exact) mass is 316 g/mol. The highest BCUT2D eigenvalue weighted by molar-refractivity contribution is 7.99. The molecule has 0 unspecified atom stereocenters. The van der Waals surface area contributed by atoms with Crippen LogP contribution >= 0.6 is 11.8 Å². The van der Waals surface area contributed by atoms with Gasteiger partial charge in [-0.25, -0.2) is 0 Å². The summed E-state index contributed by atoms with van der Waals surface area (Å²) >= 11 is 1.54. The van der Waals surface area contributed by atoms with Crippen molar-refractivity contribution >= 4 is 17.7 Å². The fourth-order valence-electron chi connectivity index (χ4n) is 2.12. The van der Waals surface area contributed by atoms with Gasteiger partial charge in [-0.2, -0.15) is 0 Å². The van der Waals surface area contributed by atoms with E-state index in [2.05, 4.69) is 0 Å². The molecular formula is C18H20O3S. The summed E-state index contributed by atoms with van der Waals surface area (Å²) in [5.41, 5.74) is 0.731. The number of carbonyl (C=O) groups is 1. The maximum absolute atomic E-state index is 12.2. The highest BCUT2D eigenvalue weighted by atomic mass is 32.2. The van der Waals surface area contributed by atoms with Crippen molar-refractivity contribution in [1.82, 2.24) is 0 Å². The van der Waals surface area contributed by atoms with Gasteiger partial charge >= 0.3 is 5.97 Å². The van der Waals surface area contributed by atoms with Crippen molar-refractivity contribution < 1.29 is 14.6 Å². The molecule has 0 aliphatic heterocycles. The first kappa shape index (κ1) is 16.6. The largest absolute Gasteiger partial charge is 0.466 e. The van der Waals surface area contributed by atoms with E-state index < -0.39 is 12.0 Å². The molecule has 2 aromatic rings. The molecule has 116 valence electrons. The Morgan fingerprint density at radius 3 is 2.27 bits per heavy atom. The van der Waals surface area contributed by atoms with Crippen LogP contribution in [-0.4, -0.2) is 23.4 Å². The van der Waals surface area contributed by atoms with Crippen molar-refractivity contribution in [3.8, 4) is 0 Å². The Balaban J connectivity index is 2.10. The number of benzene rings is 2. The third kappa shape index (κ3) is 4.61. The van der Waals surface area contributed by atoms with E-state index in [0.717, 1.165) is 10.5 Å². The zero-order chi connectivity index (χ0) is 15.8. The predicted molar refractivity (Wildman–Crippen MR) is 88.7 cm³/mol. The third-order valence-electron chi connectivity index (χ3n) is 3.28. The number of ether oxygens (including phenoxy) is 1. The van der Waals surface area contributed by atoms with E-state index in [0.29, 0.717) is 12.4 Å². The molecule has 0 fully saturated rings. The maximum atomic E-state index is 12.2. The molecule has 0 heterocycles. The molecule has 0 radical (unpaired) electrons. The second-order valence-electron chi connectivity index (χ2n) is 4.84. The van der Waals surface area contributed by atoms with Gasteiger partial charge in [0.2, 0.25) is 0 Å². The minimum Gasteiger partial charge on any atom is -0.466 e. The Labute approximate surface area is 135 Å². The third-order valence-corrected chi connectivity index (χ3v) is 4.42. The minimum atomic E-state index is -0.864. The molecule has 3 nitrogen and oxygen atoms in total. The van der Waals surface area contributed by atoms with Crippen LogP contribution in [0.3, 0.4) is 0 Å². The summed E-state index contributed by atoms with van der Waals surface area (Å²) in [5, 5.41) is 10.5. The summed E-state index contributed by atoms with van der Waals surface area (Å²) in [6.45, 7) is 2.08. The van der Waals surface area contributed by atoms with Gasteiger partial charge in [0, 0.05) is 10.6 Å². The lowest BCUT2D eigenvalue weighted by Gasteiger charge is -2.21. The van der Waals surface area contributed by atoms with Crippen LogP contribution in [0.1, 0.15) is 18.6 Å². The van der Waals surface area contributed by atoms with Gasteiger partial charge in [-0.1, -0.05) is 48.5 Å². The number of rotatable bonds is 7. The van der Waals surface area contributed by atoms with Gasteiger partial charge < -0.3 is 9.84 Å². The number of esters is 1. The van der Waals surface area contributed by atoms with Gasteiger partial charge in [-0.3, -0.25) is 4.79 Å². The van der Waals surface area contributed by atoms with Crippen molar-refractivity contribution in [2.45, 2.75) is 17.9 Å². The second kappa shape index (κ2) is 8.61. The van der Waals surface area contributed by atoms with Crippen LogP contribution in [0, 0.1) is 5.92 Å². The van der Waals surface area contributed by atoms with Crippen molar-refractivity contribution in [2.24, 2.45) is 5.92 Å². The molecule has 2 atom stereocenters. The second-order valence-corrected chi connectivity index (χ2v) is 5.93. The number of hydrogen-bond donors (Lipinski definition) is 1. The van der Waals surface area contributed by atoms with E-state index in [-0.39, 0.29) is 5.97 Å². The molecule has 0 amide bonds. The van der Waals surface area contributed by atoms with E-state index in [1.165, 1.54) is 0 Å².